The van der Waals surface area contributed by atoms with Crippen LogP contribution in [0.4, 0.5) is 0 Å². The van der Waals surface area contributed by atoms with Crippen LogP contribution in [-0.4, -0.2) is 27.2 Å². The molecule has 5 heteroatoms. The van der Waals surface area contributed by atoms with Gasteiger partial charge in [0.1, 0.15) is 0 Å². The van der Waals surface area contributed by atoms with Crippen LogP contribution in [0.5, 0.6) is 0 Å². The van der Waals surface area contributed by atoms with E-state index < -0.39 is 0 Å². The van der Waals surface area contributed by atoms with E-state index >= 15 is 0 Å². The van der Waals surface area contributed by atoms with Gasteiger partial charge in [0.2, 0.25) is 0 Å². The highest BCUT2D eigenvalue weighted by Crippen LogP contribution is 2.25. The van der Waals surface area contributed by atoms with E-state index in [1.807, 2.05) is 30.4 Å². The van der Waals surface area contributed by atoms with Crippen molar-refractivity contribution in [3.8, 4) is 0 Å². The molecule has 1 heterocycles. The summed E-state index contributed by atoms with van der Waals surface area (Å²) in [4.78, 5) is 0. The average molecular weight is 293 g/mol. The van der Waals surface area contributed by atoms with Gasteiger partial charge in [0.25, 0.3) is 0 Å². The Balaban J connectivity index is 2.50. The number of aliphatic hydroxyl groups is 1. The SMILES string of the molecule is Cc1nn(C)c(CSCC(C)CO)c1Br. The van der Waals surface area contributed by atoms with E-state index in [9.17, 15) is 0 Å². The van der Waals surface area contributed by atoms with Crippen molar-refractivity contribution in [3.63, 3.8) is 0 Å². The zero-order valence-corrected chi connectivity index (χ0v) is 11.7. The van der Waals surface area contributed by atoms with Crippen molar-refractivity contribution in [2.24, 2.45) is 13.0 Å². The van der Waals surface area contributed by atoms with Crippen LogP contribution in [0.3, 0.4) is 0 Å². The third kappa shape index (κ3) is 3.50. The van der Waals surface area contributed by atoms with Crippen molar-refractivity contribution >= 4 is 27.7 Å². The third-order valence-electron chi connectivity index (χ3n) is 2.21. The minimum Gasteiger partial charge on any atom is -0.396 e. The molecule has 0 saturated heterocycles. The van der Waals surface area contributed by atoms with Crippen molar-refractivity contribution < 1.29 is 5.11 Å². The molecule has 1 aromatic heterocycles. The van der Waals surface area contributed by atoms with Crippen molar-refractivity contribution in [1.82, 2.24) is 9.78 Å². The molecule has 0 saturated carbocycles. The van der Waals surface area contributed by atoms with E-state index in [0.717, 1.165) is 21.7 Å². The largest absolute Gasteiger partial charge is 0.396 e. The second-order valence-electron chi connectivity index (χ2n) is 3.77. The van der Waals surface area contributed by atoms with E-state index in [1.165, 1.54) is 5.69 Å². The zero-order valence-electron chi connectivity index (χ0n) is 9.33. The molecule has 0 bridgehead atoms. The topological polar surface area (TPSA) is 38.0 Å². The quantitative estimate of drug-likeness (QED) is 0.905. The maximum Gasteiger partial charge on any atom is 0.0738 e. The Kier molecular flexibility index (Phi) is 5.15. The van der Waals surface area contributed by atoms with Crippen LogP contribution in [0.25, 0.3) is 0 Å². The molecule has 0 radical (unpaired) electrons. The summed E-state index contributed by atoms with van der Waals surface area (Å²) in [6.45, 7) is 4.31. The van der Waals surface area contributed by atoms with Crippen LogP contribution in [-0.2, 0) is 12.8 Å². The van der Waals surface area contributed by atoms with E-state index in [4.69, 9.17) is 5.11 Å². The first-order valence-electron chi connectivity index (χ1n) is 4.92. The average Bonchev–Trinajstić information content (AvgIpc) is 2.44. The summed E-state index contributed by atoms with van der Waals surface area (Å²) in [6, 6.07) is 0. The highest BCUT2D eigenvalue weighted by atomic mass is 79.9. The van der Waals surface area contributed by atoms with Crippen LogP contribution in [0.1, 0.15) is 18.3 Å². The van der Waals surface area contributed by atoms with Crippen LogP contribution >= 0.6 is 27.7 Å². The van der Waals surface area contributed by atoms with E-state index in [1.54, 1.807) is 0 Å². The van der Waals surface area contributed by atoms with Gasteiger partial charge in [0.15, 0.2) is 0 Å². The minimum atomic E-state index is 0.262. The van der Waals surface area contributed by atoms with Crippen molar-refractivity contribution in [3.05, 3.63) is 15.9 Å². The maximum atomic E-state index is 8.91. The van der Waals surface area contributed by atoms with Gasteiger partial charge in [0.05, 0.1) is 15.9 Å². The molecule has 1 N–H and O–H groups in total. The lowest BCUT2D eigenvalue weighted by Gasteiger charge is -2.07. The Morgan fingerprint density at radius 1 is 1.60 bits per heavy atom. The number of aliphatic hydroxyl groups excluding tert-OH is 1. The molecule has 0 aromatic carbocycles. The predicted octanol–water partition coefficient (Wildman–Crippen LogP) is 2.35. The molecular weight excluding hydrogens is 276 g/mol. The molecule has 1 unspecified atom stereocenters. The smallest absolute Gasteiger partial charge is 0.0738 e. The van der Waals surface area contributed by atoms with Gasteiger partial charge in [-0.05, 0) is 34.5 Å². The van der Waals surface area contributed by atoms with Gasteiger partial charge < -0.3 is 5.11 Å². The number of rotatable bonds is 5. The number of aryl methyl sites for hydroxylation is 2. The van der Waals surface area contributed by atoms with E-state index in [-0.39, 0.29) is 6.61 Å². The first kappa shape index (κ1) is 13.1. The second kappa shape index (κ2) is 5.92. The summed E-state index contributed by atoms with van der Waals surface area (Å²) in [5.41, 5.74) is 2.24. The molecule has 86 valence electrons. The van der Waals surface area contributed by atoms with Gasteiger partial charge in [-0.2, -0.15) is 16.9 Å². The molecule has 0 aliphatic heterocycles. The molecule has 15 heavy (non-hydrogen) atoms. The molecule has 0 aliphatic carbocycles. The molecule has 3 nitrogen and oxygen atoms in total. The minimum absolute atomic E-state index is 0.262. The van der Waals surface area contributed by atoms with Gasteiger partial charge in [-0.25, -0.2) is 0 Å². The monoisotopic (exact) mass is 292 g/mol. The second-order valence-corrected chi connectivity index (χ2v) is 5.60. The molecule has 0 aliphatic rings. The van der Waals surface area contributed by atoms with Crippen LogP contribution in [0.15, 0.2) is 4.47 Å². The van der Waals surface area contributed by atoms with Crippen LogP contribution in [0.2, 0.25) is 0 Å². The lowest BCUT2D eigenvalue weighted by Crippen LogP contribution is -2.04. The third-order valence-corrected chi connectivity index (χ3v) is 4.53. The Labute approximate surface area is 103 Å². The Bertz CT molecular complexity index is 327. The maximum absolute atomic E-state index is 8.91. The number of hydrogen-bond acceptors (Lipinski definition) is 3. The van der Waals surface area contributed by atoms with Crippen LogP contribution < -0.4 is 0 Å². The number of nitrogens with zero attached hydrogens (tertiary/aromatic N) is 2. The Hall–Kier alpha value is -0.0000000000000000555. The van der Waals surface area contributed by atoms with Gasteiger partial charge in [-0.15, -0.1) is 0 Å². The summed E-state index contributed by atoms with van der Waals surface area (Å²) in [7, 11) is 1.96. The Morgan fingerprint density at radius 2 is 2.27 bits per heavy atom. The normalized spacial score (nSPS) is 13.1. The molecule has 0 amide bonds. The fourth-order valence-electron chi connectivity index (χ4n) is 1.25. The van der Waals surface area contributed by atoms with Crippen molar-refractivity contribution in [2.45, 2.75) is 19.6 Å². The summed E-state index contributed by atoms with van der Waals surface area (Å²) in [6.07, 6.45) is 0. The van der Waals surface area contributed by atoms with E-state index in [0.29, 0.717) is 5.92 Å². The lowest BCUT2D eigenvalue weighted by atomic mass is 10.2. The number of hydrogen-bond donors (Lipinski definition) is 1. The summed E-state index contributed by atoms with van der Waals surface area (Å²) < 4.78 is 3.02. The fraction of sp³-hybridized carbons (Fsp3) is 0.700. The number of halogens is 1. The van der Waals surface area contributed by atoms with Gasteiger partial charge >= 0.3 is 0 Å². The fourth-order valence-corrected chi connectivity index (χ4v) is 3.06. The standard InChI is InChI=1S/C10H17BrN2OS/c1-7(4-14)5-15-6-9-10(11)8(2)12-13(9)3/h7,14H,4-6H2,1-3H3. The lowest BCUT2D eigenvalue weighted by molar-refractivity contribution is 0.250. The molecule has 1 rings (SSSR count). The summed E-state index contributed by atoms with van der Waals surface area (Å²) in [5.74, 6) is 2.28. The Morgan fingerprint density at radius 3 is 2.73 bits per heavy atom. The highest BCUT2D eigenvalue weighted by Gasteiger charge is 2.10. The zero-order chi connectivity index (χ0) is 11.4. The molecule has 1 aromatic rings. The first-order chi connectivity index (χ1) is 7.06. The summed E-state index contributed by atoms with van der Waals surface area (Å²) in [5, 5.41) is 13.2. The number of aromatic nitrogens is 2. The van der Waals surface area contributed by atoms with Gasteiger partial charge in [-0.3, -0.25) is 4.68 Å². The van der Waals surface area contributed by atoms with E-state index in [2.05, 4.69) is 28.0 Å². The first-order valence-corrected chi connectivity index (χ1v) is 6.87. The predicted molar refractivity (Wildman–Crippen MR) is 68.1 cm³/mol. The molecule has 1 atom stereocenters. The molecular formula is C10H17BrN2OS. The highest BCUT2D eigenvalue weighted by molar-refractivity contribution is 9.10. The van der Waals surface area contributed by atoms with Crippen molar-refractivity contribution in [1.29, 1.82) is 0 Å². The van der Waals surface area contributed by atoms with Gasteiger partial charge in [0, 0.05) is 19.4 Å². The number of thioether (sulfide) groups is 1. The molecule has 0 spiro atoms. The van der Waals surface area contributed by atoms with Crippen LogP contribution in [0, 0.1) is 12.8 Å². The molecule has 0 fully saturated rings. The van der Waals surface area contributed by atoms with Crippen molar-refractivity contribution in [2.75, 3.05) is 12.4 Å². The van der Waals surface area contributed by atoms with Gasteiger partial charge in [-0.1, -0.05) is 6.92 Å². The summed E-state index contributed by atoms with van der Waals surface area (Å²) >= 11 is 5.37.